The maximum Gasteiger partial charge on any atom is 0.336 e. The van der Waals surface area contributed by atoms with E-state index in [9.17, 15) is 19.2 Å². The Morgan fingerprint density at radius 3 is 2.76 bits per heavy atom. The van der Waals surface area contributed by atoms with Gasteiger partial charge in [0.1, 0.15) is 25.1 Å². The fourth-order valence-electron chi connectivity index (χ4n) is 3.20. The van der Waals surface area contributed by atoms with Gasteiger partial charge in [0.05, 0.1) is 18.1 Å². The number of fused-ring (bicyclic) bond motifs is 1. The molecular weight excluding hydrogens is 380 g/mol. The van der Waals surface area contributed by atoms with E-state index in [1.165, 1.54) is 6.92 Å². The quantitative estimate of drug-likeness (QED) is 0.232. The predicted octanol–water partition coefficient (Wildman–Crippen LogP) is 1.34. The molecule has 2 rings (SSSR count). The fraction of sp³-hybridized carbons (Fsp3) is 0.429. The van der Waals surface area contributed by atoms with E-state index in [1.54, 1.807) is 6.08 Å². The van der Waals surface area contributed by atoms with Crippen LogP contribution in [0.4, 0.5) is 0 Å². The molecule has 0 spiro atoms. The van der Waals surface area contributed by atoms with E-state index < -0.39 is 42.6 Å². The van der Waals surface area contributed by atoms with Crippen molar-refractivity contribution in [3.63, 3.8) is 0 Å². The lowest BCUT2D eigenvalue weighted by molar-refractivity contribution is -0.148. The van der Waals surface area contributed by atoms with Crippen molar-refractivity contribution >= 4 is 24.2 Å². The number of carbonyl (C=O) groups excluding carboxylic acids is 4. The van der Waals surface area contributed by atoms with Crippen LogP contribution >= 0.6 is 0 Å². The molecule has 1 fully saturated rings. The van der Waals surface area contributed by atoms with Crippen LogP contribution in [0, 0.1) is 5.92 Å². The summed E-state index contributed by atoms with van der Waals surface area (Å²) in [6.45, 7) is 7.88. The van der Waals surface area contributed by atoms with Gasteiger partial charge in [-0.25, -0.2) is 9.59 Å². The van der Waals surface area contributed by atoms with Crippen LogP contribution in [0.5, 0.6) is 0 Å². The molecule has 3 atom stereocenters. The fourth-order valence-corrected chi connectivity index (χ4v) is 3.20. The maximum atomic E-state index is 12.3. The lowest BCUT2D eigenvalue weighted by Crippen LogP contribution is -2.34. The summed E-state index contributed by atoms with van der Waals surface area (Å²) in [4.78, 5) is 47.0. The summed E-state index contributed by atoms with van der Waals surface area (Å²) in [5.74, 6) is -2.69. The molecule has 0 saturated carbocycles. The minimum atomic E-state index is -0.904. The van der Waals surface area contributed by atoms with Crippen LogP contribution in [-0.2, 0) is 33.4 Å². The van der Waals surface area contributed by atoms with Crippen molar-refractivity contribution in [2.45, 2.75) is 38.4 Å². The molecule has 29 heavy (non-hydrogen) atoms. The smallest absolute Gasteiger partial charge is 0.336 e. The molecule has 0 aromatic carbocycles. The standard InChI is InChI=1S/C21H24O8/c1-12(9-22)20(25)28-18-8-16(11-27-14(3)24)6-4-5-15(10-23)7-17-19(18)13(2)21(26)29-17/h6-7,10,17-19,22H,1-2,4-5,8-9,11H2,3H3/t17-,18+,19+/m1/s1. The summed E-state index contributed by atoms with van der Waals surface area (Å²) < 4.78 is 15.9. The lowest BCUT2D eigenvalue weighted by atomic mass is 9.85. The Hall–Kier alpha value is -3.00. The maximum absolute atomic E-state index is 12.3. The number of aliphatic hydroxyl groups excluding tert-OH is 1. The highest BCUT2D eigenvalue weighted by atomic mass is 16.6. The molecule has 1 heterocycles. The summed E-state index contributed by atoms with van der Waals surface area (Å²) in [5.41, 5.74) is 1.04. The minimum absolute atomic E-state index is 0.0247. The second kappa shape index (κ2) is 9.97. The molecule has 0 aromatic rings. The van der Waals surface area contributed by atoms with Gasteiger partial charge in [-0.3, -0.25) is 9.59 Å². The first-order valence-corrected chi connectivity index (χ1v) is 9.13. The highest BCUT2D eigenvalue weighted by Crippen LogP contribution is 2.36. The Morgan fingerprint density at radius 1 is 1.41 bits per heavy atom. The van der Waals surface area contributed by atoms with Gasteiger partial charge in [0.25, 0.3) is 0 Å². The SMILES string of the molecule is C=C(CO)C(=O)O[C@H]1CC(COC(C)=O)=CCCC(C=O)=C[C@H]2OC(=O)C(=C)[C@H]12. The Balaban J connectivity index is 2.43. The van der Waals surface area contributed by atoms with Gasteiger partial charge in [-0.05, 0) is 30.1 Å². The molecule has 0 radical (unpaired) electrons. The largest absolute Gasteiger partial charge is 0.461 e. The Bertz CT molecular complexity index is 789. The third-order valence-corrected chi connectivity index (χ3v) is 4.72. The number of allylic oxidation sites excluding steroid dienone is 2. The van der Waals surface area contributed by atoms with Crippen molar-refractivity contribution in [2.24, 2.45) is 5.92 Å². The van der Waals surface area contributed by atoms with Crippen LogP contribution in [0.3, 0.4) is 0 Å². The van der Waals surface area contributed by atoms with Crippen molar-refractivity contribution < 1.29 is 38.5 Å². The normalized spacial score (nSPS) is 24.4. The highest BCUT2D eigenvalue weighted by Gasteiger charge is 2.44. The summed E-state index contributed by atoms with van der Waals surface area (Å²) in [7, 11) is 0. The van der Waals surface area contributed by atoms with Gasteiger partial charge in [0.15, 0.2) is 0 Å². The zero-order chi connectivity index (χ0) is 21.6. The van der Waals surface area contributed by atoms with Crippen molar-refractivity contribution in [2.75, 3.05) is 13.2 Å². The third-order valence-electron chi connectivity index (χ3n) is 4.72. The van der Waals surface area contributed by atoms with Gasteiger partial charge in [-0.15, -0.1) is 0 Å². The Labute approximate surface area is 168 Å². The van der Waals surface area contributed by atoms with Gasteiger partial charge in [-0.1, -0.05) is 19.2 Å². The van der Waals surface area contributed by atoms with Crippen LogP contribution in [0.2, 0.25) is 0 Å². The number of rotatable bonds is 6. The Morgan fingerprint density at radius 2 is 2.14 bits per heavy atom. The molecule has 0 aromatic heterocycles. The summed E-state index contributed by atoms with van der Waals surface area (Å²) in [5, 5.41) is 9.15. The molecule has 0 amide bonds. The molecule has 1 aliphatic heterocycles. The first-order valence-electron chi connectivity index (χ1n) is 9.13. The van der Waals surface area contributed by atoms with E-state index >= 15 is 0 Å². The van der Waals surface area contributed by atoms with Crippen molar-refractivity contribution in [1.82, 2.24) is 0 Å². The van der Waals surface area contributed by atoms with E-state index in [2.05, 4.69) is 13.2 Å². The van der Waals surface area contributed by atoms with Crippen molar-refractivity contribution in [3.8, 4) is 0 Å². The van der Waals surface area contributed by atoms with E-state index in [1.807, 2.05) is 6.08 Å². The van der Waals surface area contributed by atoms with Gasteiger partial charge < -0.3 is 19.3 Å². The first kappa shape index (κ1) is 22.3. The van der Waals surface area contributed by atoms with Gasteiger partial charge >= 0.3 is 17.9 Å². The zero-order valence-electron chi connectivity index (χ0n) is 16.2. The van der Waals surface area contributed by atoms with E-state index in [-0.39, 0.29) is 24.2 Å². The average molecular weight is 404 g/mol. The predicted molar refractivity (Wildman–Crippen MR) is 101 cm³/mol. The molecule has 0 bridgehead atoms. The molecule has 8 nitrogen and oxygen atoms in total. The second-order valence-corrected chi connectivity index (χ2v) is 6.87. The van der Waals surface area contributed by atoms with Crippen LogP contribution < -0.4 is 0 Å². The van der Waals surface area contributed by atoms with E-state index in [0.717, 1.165) is 0 Å². The van der Waals surface area contributed by atoms with E-state index in [0.29, 0.717) is 30.3 Å². The second-order valence-electron chi connectivity index (χ2n) is 6.87. The zero-order valence-corrected chi connectivity index (χ0v) is 16.2. The third kappa shape index (κ3) is 5.74. The number of aldehydes is 1. The minimum Gasteiger partial charge on any atom is -0.461 e. The number of hydrogen-bond acceptors (Lipinski definition) is 8. The van der Waals surface area contributed by atoms with Gasteiger partial charge in [-0.2, -0.15) is 0 Å². The molecule has 2 aliphatic rings. The van der Waals surface area contributed by atoms with Crippen molar-refractivity contribution in [1.29, 1.82) is 0 Å². The summed E-state index contributed by atoms with van der Waals surface area (Å²) in [6.07, 6.45) is 3.34. The van der Waals surface area contributed by atoms with Gasteiger partial charge in [0, 0.05) is 18.9 Å². The average Bonchev–Trinajstić information content (AvgIpc) is 2.96. The van der Waals surface area contributed by atoms with Crippen LogP contribution in [0.25, 0.3) is 0 Å². The van der Waals surface area contributed by atoms with Crippen molar-refractivity contribution in [3.05, 3.63) is 47.6 Å². The monoisotopic (exact) mass is 404 g/mol. The van der Waals surface area contributed by atoms with Crippen LogP contribution in [0.1, 0.15) is 26.2 Å². The highest BCUT2D eigenvalue weighted by molar-refractivity contribution is 5.92. The molecule has 0 unspecified atom stereocenters. The molecule has 1 aliphatic carbocycles. The molecule has 156 valence electrons. The first-order chi connectivity index (χ1) is 13.8. The van der Waals surface area contributed by atoms with Crippen LogP contribution in [0.15, 0.2) is 47.6 Å². The number of ether oxygens (including phenoxy) is 3. The number of carbonyl (C=O) groups is 4. The lowest BCUT2D eigenvalue weighted by Gasteiger charge is -2.28. The number of hydrogen-bond donors (Lipinski definition) is 1. The number of aliphatic hydroxyl groups is 1. The summed E-state index contributed by atoms with van der Waals surface area (Å²) >= 11 is 0. The molecule has 1 saturated heterocycles. The summed E-state index contributed by atoms with van der Waals surface area (Å²) in [6, 6.07) is 0. The molecule has 1 N–H and O–H groups in total. The molecule has 8 heteroatoms. The topological polar surface area (TPSA) is 116 Å². The van der Waals surface area contributed by atoms with E-state index in [4.69, 9.17) is 19.3 Å². The van der Waals surface area contributed by atoms with Gasteiger partial charge in [0.2, 0.25) is 0 Å². The Kier molecular flexibility index (Phi) is 7.67. The van der Waals surface area contributed by atoms with Crippen LogP contribution in [-0.4, -0.2) is 54.7 Å². The number of esters is 3. The molecular formula is C21H24O8.